The number of nitrogens with zero attached hydrogens (tertiary/aromatic N) is 1. The summed E-state index contributed by atoms with van der Waals surface area (Å²) < 4.78 is 0. The fourth-order valence-corrected chi connectivity index (χ4v) is 4.80. The molecule has 0 fully saturated rings. The Morgan fingerprint density at radius 3 is 2.57 bits per heavy atom. The van der Waals surface area contributed by atoms with Crippen LogP contribution in [-0.2, 0) is 0 Å². The second-order valence-corrected chi connectivity index (χ2v) is 12.9. The van der Waals surface area contributed by atoms with Gasteiger partial charge in [0.1, 0.15) is 0 Å². The smallest absolute Gasteiger partial charge is 0.256 e. The van der Waals surface area contributed by atoms with Gasteiger partial charge in [-0.25, -0.2) is 0 Å². The largest absolute Gasteiger partial charge is 0.369 e. The van der Waals surface area contributed by atoms with Crippen molar-refractivity contribution < 1.29 is 9.90 Å². The first-order chi connectivity index (χ1) is 10.8. The second-order valence-electron chi connectivity index (χ2n) is 7.46. The molecule has 1 aliphatic rings. The van der Waals surface area contributed by atoms with Gasteiger partial charge in [-0.2, -0.15) is 0 Å². The first kappa shape index (κ1) is 17.7. The van der Waals surface area contributed by atoms with Crippen molar-refractivity contribution in [1.29, 1.82) is 0 Å². The van der Waals surface area contributed by atoms with Crippen LogP contribution in [0.4, 0.5) is 0 Å². The van der Waals surface area contributed by atoms with Crippen molar-refractivity contribution in [2.75, 3.05) is 0 Å². The van der Waals surface area contributed by atoms with Crippen molar-refractivity contribution in [3.8, 4) is 0 Å². The molecule has 1 aliphatic heterocycles. The molecular weight excluding hydrogens is 302 g/mol. The number of fused-ring (bicyclic) bond motifs is 1. The summed E-state index contributed by atoms with van der Waals surface area (Å²) in [5, 5.41) is 10.6. The molecule has 0 saturated heterocycles. The van der Waals surface area contributed by atoms with Crippen LogP contribution in [0.3, 0.4) is 0 Å². The number of aliphatic hydroxyl groups excluding tert-OH is 1. The molecule has 0 radical (unpaired) electrons. The molecule has 2 rings (SSSR count). The average molecular weight is 330 g/mol. The Hall–Kier alpha value is -1.61. The third-order valence-corrected chi connectivity index (χ3v) is 5.80. The van der Waals surface area contributed by atoms with E-state index < -0.39 is 14.3 Å². The molecule has 3 nitrogen and oxygen atoms in total. The van der Waals surface area contributed by atoms with Gasteiger partial charge in [-0.3, -0.25) is 4.79 Å². The van der Waals surface area contributed by atoms with Crippen LogP contribution >= 0.6 is 0 Å². The van der Waals surface area contributed by atoms with Crippen LogP contribution in [0.1, 0.15) is 41.9 Å². The van der Waals surface area contributed by atoms with Crippen LogP contribution in [-0.4, -0.2) is 30.0 Å². The topological polar surface area (TPSA) is 40.5 Å². The van der Waals surface area contributed by atoms with Crippen molar-refractivity contribution in [3.05, 3.63) is 53.3 Å². The summed E-state index contributed by atoms with van der Waals surface area (Å²) in [7, 11) is -1.26. The van der Waals surface area contributed by atoms with Crippen molar-refractivity contribution in [2.24, 2.45) is 0 Å². The van der Waals surface area contributed by atoms with Crippen LogP contribution in [0.2, 0.25) is 25.7 Å². The lowest BCUT2D eigenvalue weighted by molar-refractivity contribution is -0.00397. The summed E-state index contributed by atoms with van der Waals surface area (Å²) in [6.07, 6.45) is 0.691. The molecule has 2 atom stereocenters. The molecule has 0 bridgehead atoms. The molecule has 0 saturated carbocycles. The predicted octanol–water partition coefficient (Wildman–Crippen LogP) is 4.35. The van der Waals surface area contributed by atoms with Gasteiger partial charge in [0, 0.05) is 25.2 Å². The minimum Gasteiger partial charge on any atom is -0.369 e. The van der Waals surface area contributed by atoms with Crippen molar-refractivity contribution in [3.63, 3.8) is 0 Å². The first-order valence-electron chi connectivity index (χ1n) is 8.26. The number of benzene rings is 1. The van der Waals surface area contributed by atoms with Gasteiger partial charge in [0.15, 0.2) is 6.23 Å². The number of amides is 1. The minimum atomic E-state index is -1.26. The third kappa shape index (κ3) is 3.84. The van der Waals surface area contributed by atoms with E-state index in [1.165, 1.54) is 5.57 Å². The van der Waals surface area contributed by atoms with E-state index in [0.717, 1.165) is 18.9 Å². The monoisotopic (exact) mass is 329 g/mol. The fourth-order valence-electron chi connectivity index (χ4n) is 3.25. The van der Waals surface area contributed by atoms with E-state index in [9.17, 15) is 9.90 Å². The first-order valence-corrected chi connectivity index (χ1v) is 12.0. The third-order valence-electron chi connectivity index (χ3n) is 4.31. The van der Waals surface area contributed by atoms with E-state index in [1.54, 1.807) is 11.0 Å². The van der Waals surface area contributed by atoms with Crippen LogP contribution in [0.25, 0.3) is 0 Å². The van der Waals surface area contributed by atoms with Gasteiger partial charge in [-0.05, 0) is 30.5 Å². The van der Waals surface area contributed by atoms with Crippen molar-refractivity contribution in [2.45, 2.75) is 57.7 Å². The van der Waals surface area contributed by atoms with Gasteiger partial charge in [0.05, 0.1) is 0 Å². The zero-order valence-corrected chi connectivity index (χ0v) is 15.6. The highest BCUT2D eigenvalue weighted by molar-refractivity contribution is 6.76. The average Bonchev–Trinajstić information content (AvgIpc) is 2.75. The maximum atomic E-state index is 12.7. The molecule has 0 spiro atoms. The lowest BCUT2D eigenvalue weighted by Gasteiger charge is -2.31. The lowest BCUT2D eigenvalue weighted by Crippen LogP contribution is -2.38. The Labute approximate surface area is 140 Å². The lowest BCUT2D eigenvalue weighted by atomic mass is 10.0. The Bertz CT molecular complexity index is 641. The van der Waals surface area contributed by atoms with Crippen molar-refractivity contribution in [1.82, 2.24) is 4.90 Å². The van der Waals surface area contributed by atoms with E-state index in [4.69, 9.17) is 0 Å². The van der Waals surface area contributed by atoms with Gasteiger partial charge in [-0.1, -0.05) is 51.3 Å². The minimum absolute atomic E-state index is 0.0227. The molecule has 1 aromatic rings. The van der Waals surface area contributed by atoms with Crippen LogP contribution < -0.4 is 0 Å². The van der Waals surface area contributed by atoms with Crippen molar-refractivity contribution >= 4 is 14.0 Å². The molecule has 4 heteroatoms. The maximum Gasteiger partial charge on any atom is 0.256 e. The Morgan fingerprint density at radius 2 is 2.04 bits per heavy atom. The Kier molecular flexibility index (Phi) is 5.30. The van der Waals surface area contributed by atoms with Gasteiger partial charge in [0.2, 0.25) is 0 Å². The molecule has 1 N–H and O–H groups in total. The predicted molar refractivity (Wildman–Crippen MR) is 97.1 cm³/mol. The van der Waals surface area contributed by atoms with E-state index in [-0.39, 0.29) is 11.9 Å². The maximum absolute atomic E-state index is 12.7. The Balaban J connectivity index is 2.22. The number of rotatable bonds is 6. The van der Waals surface area contributed by atoms with E-state index >= 15 is 0 Å². The molecule has 1 aromatic carbocycles. The molecule has 1 amide bonds. The van der Waals surface area contributed by atoms with E-state index in [2.05, 4.69) is 38.9 Å². The standard InChI is InChI=1S/C19H27NO2Si/c1-6-14(13-23(3,4)5)12-15(7-2)20-18(21)16-10-8-9-11-17(16)19(20)22/h8-11,15,18,21H,1,7,12-13H2,2-5H3. The summed E-state index contributed by atoms with van der Waals surface area (Å²) in [6, 6.07) is 8.33. The molecular formula is C19H27NO2Si. The fraction of sp³-hybridized carbons (Fsp3) is 0.474. The highest BCUT2D eigenvalue weighted by Gasteiger charge is 2.39. The van der Waals surface area contributed by atoms with Crippen LogP contribution in [0.5, 0.6) is 0 Å². The number of hydrogen-bond donors (Lipinski definition) is 1. The SMILES string of the molecule is C=C=C(CC(CC)N1C(=O)c2ccccc2C1O)C[Si](C)(C)C. The zero-order chi connectivity index (χ0) is 17.2. The summed E-state index contributed by atoms with van der Waals surface area (Å²) in [5.74, 6) is -0.0728. The summed E-state index contributed by atoms with van der Waals surface area (Å²) >= 11 is 0. The number of carbonyl (C=O) groups excluding carboxylic acids is 1. The van der Waals surface area contributed by atoms with Gasteiger partial charge in [-0.15, -0.1) is 5.73 Å². The van der Waals surface area contributed by atoms with Gasteiger partial charge >= 0.3 is 0 Å². The normalized spacial score (nSPS) is 18.6. The quantitative estimate of drug-likeness (QED) is 0.622. The molecule has 1 heterocycles. The molecule has 124 valence electrons. The zero-order valence-electron chi connectivity index (χ0n) is 14.6. The highest BCUT2D eigenvalue weighted by Crippen LogP contribution is 2.36. The van der Waals surface area contributed by atoms with Gasteiger partial charge in [0.25, 0.3) is 5.91 Å². The van der Waals surface area contributed by atoms with Crippen LogP contribution in [0.15, 0.2) is 42.1 Å². The Morgan fingerprint density at radius 1 is 1.39 bits per heavy atom. The highest BCUT2D eigenvalue weighted by atomic mass is 28.3. The number of carbonyl (C=O) groups is 1. The second kappa shape index (κ2) is 6.87. The molecule has 0 aliphatic carbocycles. The van der Waals surface area contributed by atoms with E-state index in [1.807, 2.05) is 18.2 Å². The van der Waals surface area contributed by atoms with E-state index in [0.29, 0.717) is 11.1 Å². The molecule has 2 unspecified atom stereocenters. The summed E-state index contributed by atoms with van der Waals surface area (Å²) in [4.78, 5) is 14.3. The summed E-state index contributed by atoms with van der Waals surface area (Å²) in [6.45, 7) is 12.8. The molecule has 0 aromatic heterocycles. The van der Waals surface area contributed by atoms with Crippen LogP contribution in [0, 0.1) is 0 Å². The van der Waals surface area contributed by atoms with Gasteiger partial charge < -0.3 is 10.0 Å². The summed E-state index contributed by atoms with van der Waals surface area (Å²) in [5.41, 5.74) is 5.58. The molecule has 23 heavy (non-hydrogen) atoms. The number of hydrogen-bond acceptors (Lipinski definition) is 2. The number of aliphatic hydroxyl groups is 1.